The van der Waals surface area contributed by atoms with Gasteiger partial charge in [-0.05, 0) is 60.0 Å². The lowest BCUT2D eigenvalue weighted by Crippen LogP contribution is -2.11. The largest absolute Gasteiger partial charge is 0.497 e. The molecule has 0 unspecified atom stereocenters. The Bertz CT molecular complexity index is 1480. The molecule has 0 bridgehead atoms. The molecule has 0 radical (unpaired) electrons. The zero-order chi connectivity index (χ0) is 23.5. The maximum absolute atomic E-state index is 14.0. The Labute approximate surface area is 203 Å². The first-order chi connectivity index (χ1) is 16.6. The second-order valence-corrected chi connectivity index (χ2v) is 8.50. The van der Waals surface area contributed by atoms with E-state index in [-0.39, 0.29) is 5.78 Å². The summed E-state index contributed by atoms with van der Waals surface area (Å²) in [6.45, 7) is 0. The van der Waals surface area contributed by atoms with E-state index in [4.69, 9.17) is 21.3 Å². The Morgan fingerprint density at radius 3 is 2.35 bits per heavy atom. The number of rotatable bonds is 6. The molecule has 1 heterocycles. The smallest absolute Gasteiger partial charge is 0.195 e. The molecule has 0 spiro atoms. The molecule has 5 rings (SSSR count). The van der Waals surface area contributed by atoms with Gasteiger partial charge in [0.2, 0.25) is 0 Å². The topological polar surface area (TPSA) is 39.2 Å². The van der Waals surface area contributed by atoms with Gasteiger partial charge in [0.1, 0.15) is 5.75 Å². The Kier molecular flexibility index (Phi) is 6.11. The van der Waals surface area contributed by atoms with E-state index in [1.165, 1.54) is 0 Å². The maximum Gasteiger partial charge on any atom is 0.195 e. The Morgan fingerprint density at radius 2 is 1.59 bits per heavy atom. The molecule has 0 aliphatic rings. The standard InChI is InChI=1S/C30H22ClNO2/c1-34-24-11-7-8-20(18-24)19-26-25-12-5-6-13-27(25)32-29(21-9-3-2-4-10-21)28(26)30(33)22-14-16-23(31)17-15-22/h2-18H,19H2,1H3. The number of ketones is 1. The monoisotopic (exact) mass is 463 g/mol. The minimum Gasteiger partial charge on any atom is -0.497 e. The van der Waals surface area contributed by atoms with Crippen molar-refractivity contribution < 1.29 is 9.53 Å². The Hall–Kier alpha value is -3.95. The van der Waals surface area contributed by atoms with Gasteiger partial charge >= 0.3 is 0 Å². The molecule has 1 aromatic heterocycles. The van der Waals surface area contributed by atoms with Crippen LogP contribution in [-0.4, -0.2) is 17.9 Å². The molecule has 0 saturated carbocycles. The van der Waals surface area contributed by atoms with Gasteiger partial charge in [-0.15, -0.1) is 0 Å². The van der Waals surface area contributed by atoms with E-state index < -0.39 is 0 Å². The van der Waals surface area contributed by atoms with Crippen LogP contribution in [0.3, 0.4) is 0 Å². The molecule has 4 heteroatoms. The molecular formula is C30H22ClNO2. The summed E-state index contributed by atoms with van der Waals surface area (Å²) >= 11 is 6.10. The summed E-state index contributed by atoms with van der Waals surface area (Å²) in [4.78, 5) is 19.0. The predicted octanol–water partition coefficient (Wildman–Crippen LogP) is 7.39. The number of carbonyl (C=O) groups excluding carboxylic acids is 1. The van der Waals surface area contributed by atoms with E-state index >= 15 is 0 Å². The normalized spacial score (nSPS) is 10.9. The summed E-state index contributed by atoms with van der Waals surface area (Å²) in [7, 11) is 1.66. The highest BCUT2D eigenvalue weighted by molar-refractivity contribution is 6.30. The molecule has 0 aliphatic heterocycles. The lowest BCUT2D eigenvalue weighted by atomic mass is 9.88. The number of benzene rings is 4. The molecule has 5 aromatic rings. The molecule has 166 valence electrons. The van der Waals surface area contributed by atoms with E-state index in [1.807, 2.05) is 72.8 Å². The van der Waals surface area contributed by atoms with Crippen LogP contribution in [0.15, 0.2) is 103 Å². The van der Waals surface area contributed by atoms with Gasteiger partial charge in [-0.2, -0.15) is 0 Å². The average Bonchev–Trinajstić information content (AvgIpc) is 2.89. The molecule has 34 heavy (non-hydrogen) atoms. The minimum atomic E-state index is -0.0772. The highest BCUT2D eigenvalue weighted by Crippen LogP contribution is 2.34. The number of aromatic nitrogens is 1. The third kappa shape index (κ3) is 4.30. The number of fused-ring (bicyclic) bond motifs is 1. The van der Waals surface area contributed by atoms with Crippen molar-refractivity contribution in [3.8, 4) is 17.0 Å². The Balaban J connectivity index is 1.80. The summed E-state index contributed by atoms with van der Waals surface area (Å²) in [5.74, 6) is 0.705. The van der Waals surface area contributed by atoms with Crippen molar-refractivity contribution in [2.75, 3.05) is 7.11 Å². The van der Waals surface area contributed by atoms with E-state index in [0.29, 0.717) is 28.3 Å². The van der Waals surface area contributed by atoms with E-state index in [0.717, 1.165) is 33.3 Å². The number of halogens is 1. The van der Waals surface area contributed by atoms with Crippen molar-refractivity contribution >= 4 is 28.3 Å². The molecule has 0 amide bonds. The number of ether oxygens (including phenoxy) is 1. The molecule has 0 saturated heterocycles. The summed E-state index contributed by atoms with van der Waals surface area (Å²) in [6.07, 6.45) is 0.564. The number of methoxy groups -OCH3 is 1. The van der Waals surface area contributed by atoms with Gasteiger partial charge in [-0.25, -0.2) is 4.98 Å². The van der Waals surface area contributed by atoms with Crippen molar-refractivity contribution in [2.24, 2.45) is 0 Å². The number of nitrogens with zero attached hydrogens (tertiary/aromatic N) is 1. The third-order valence-corrected chi connectivity index (χ3v) is 6.15. The van der Waals surface area contributed by atoms with Crippen molar-refractivity contribution in [1.29, 1.82) is 0 Å². The summed E-state index contributed by atoms with van der Waals surface area (Å²) in [6, 6.07) is 32.8. The number of pyridine rings is 1. The van der Waals surface area contributed by atoms with Crippen LogP contribution in [0, 0.1) is 0 Å². The van der Waals surface area contributed by atoms with Crippen LogP contribution >= 0.6 is 11.6 Å². The van der Waals surface area contributed by atoms with Crippen molar-refractivity contribution in [3.63, 3.8) is 0 Å². The number of carbonyl (C=O) groups is 1. The van der Waals surface area contributed by atoms with Crippen LogP contribution in [0.5, 0.6) is 5.75 Å². The van der Waals surface area contributed by atoms with Gasteiger partial charge in [0.05, 0.1) is 23.9 Å². The van der Waals surface area contributed by atoms with E-state index in [9.17, 15) is 4.79 Å². The molecule has 0 N–H and O–H groups in total. The number of para-hydroxylation sites is 1. The van der Waals surface area contributed by atoms with Gasteiger partial charge in [-0.3, -0.25) is 4.79 Å². The third-order valence-electron chi connectivity index (χ3n) is 5.90. The summed E-state index contributed by atoms with van der Waals surface area (Å²) in [5.41, 5.74) is 5.61. The van der Waals surface area contributed by atoms with E-state index in [2.05, 4.69) is 6.07 Å². The van der Waals surface area contributed by atoms with Crippen LogP contribution in [0.2, 0.25) is 5.02 Å². The molecule has 0 atom stereocenters. The molecule has 0 fully saturated rings. The average molecular weight is 464 g/mol. The fourth-order valence-electron chi connectivity index (χ4n) is 4.25. The van der Waals surface area contributed by atoms with Gasteiger partial charge in [-0.1, -0.05) is 72.3 Å². The highest BCUT2D eigenvalue weighted by Gasteiger charge is 2.23. The SMILES string of the molecule is COc1cccc(Cc2c(C(=O)c3ccc(Cl)cc3)c(-c3ccccc3)nc3ccccc23)c1. The predicted molar refractivity (Wildman–Crippen MR) is 138 cm³/mol. The van der Waals surface area contributed by atoms with Crippen LogP contribution in [0.4, 0.5) is 0 Å². The first-order valence-electron chi connectivity index (χ1n) is 11.0. The van der Waals surface area contributed by atoms with Crippen molar-refractivity contribution in [3.05, 3.63) is 130 Å². The van der Waals surface area contributed by atoms with Gasteiger partial charge in [0, 0.05) is 21.5 Å². The Morgan fingerprint density at radius 1 is 0.853 bits per heavy atom. The van der Waals surface area contributed by atoms with Gasteiger partial charge < -0.3 is 4.74 Å². The lowest BCUT2D eigenvalue weighted by Gasteiger charge is -2.17. The van der Waals surface area contributed by atoms with Crippen LogP contribution < -0.4 is 4.74 Å². The molecule has 0 aliphatic carbocycles. The molecule has 3 nitrogen and oxygen atoms in total. The fraction of sp³-hybridized carbons (Fsp3) is 0.0667. The van der Waals surface area contributed by atoms with Gasteiger partial charge in [0.25, 0.3) is 0 Å². The second kappa shape index (κ2) is 9.50. The fourth-order valence-corrected chi connectivity index (χ4v) is 4.37. The van der Waals surface area contributed by atoms with Crippen molar-refractivity contribution in [2.45, 2.75) is 6.42 Å². The highest BCUT2D eigenvalue weighted by atomic mass is 35.5. The number of hydrogen-bond donors (Lipinski definition) is 0. The first kappa shape index (κ1) is 21.9. The summed E-state index contributed by atoms with van der Waals surface area (Å²) in [5, 5.41) is 1.55. The molecule has 4 aromatic carbocycles. The van der Waals surface area contributed by atoms with Gasteiger partial charge in [0.15, 0.2) is 5.78 Å². The summed E-state index contributed by atoms with van der Waals surface area (Å²) < 4.78 is 5.44. The van der Waals surface area contributed by atoms with Crippen LogP contribution in [0.1, 0.15) is 27.0 Å². The molecular weight excluding hydrogens is 442 g/mol. The van der Waals surface area contributed by atoms with Crippen LogP contribution in [-0.2, 0) is 6.42 Å². The zero-order valence-corrected chi connectivity index (χ0v) is 19.4. The van der Waals surface area contributed by atoms with Crippen LogP contribution in [0.25, 0.3) is 22.2 Å². The second-order valence-electron chi connectivity index (χ2n) is 8.06. The maximum atomic E-state index is 14.0. The number of hydrogen-bond acceptors (Lipinski definition) is 3. The van der Waals surface area contributed by atoms with Crippen molar-refractivity contribution in [1.82, 2.24) is 4.98 Å². The van der Waals surface area contributed by atoms with E-state index in [1.54, 1.807) is 31.4 Å². The lowest BCUT2D eigenvalue weighted by molar-refractivity contribution is 0.103. The first-order valence-corrected chi connectivity index (χ1v) is 11.4. The zero-order valence-electron chi connectivity index (χ0n) is 18.7. The quantitative estimate of drug-likeness (QED) is 0.246. The minimum absolute atomic E-state index is 0.0772.